The van der Waals surface area contributed by atoms with Crippen LogP contribution < -0.4 is 0 Å². The van der Waals surface area contributed by atoms with Crippen molar-refractivity contribution < 1.29 is 14.3 Å². The van der Waals surface area contributed by atoms with Crippen molar-refractivity contribution >= 4 is 39.0 Å². The fraction of sp³-hybridized carbons (Fsp3) is 0.400. The molecule has 0 aliphatic heterocycles. The minimum atomic E-state index is -1.11. The van der Waals surface area contributed by atoms with Crippen LogP contribution in [-0.2, 0) is 9.53 Å². The number of hydrogen-bond donors (Lipinski definition) is 0. The second-order valence-electron chi connectivity index (χ2n) is 3.53. The van der Waals surface area contributed by atoms with Crippen LogP contribution in [0.15, 0.2) is 15.9 Å². The molecule has 0 fully saturated rings. The maximum atomic E-state index is 12.0. The summed E-state index contributed by atoms with van der Waals surface area (Å²) in [5.74, 6) is -0.652. The molecule has 1 aromatic heterocycles. The zero-order valence-electron chi connectivity index (χ0n) is 8.67. The van der Waals surface area contributed by atoms with Crippen molar-refractivity contribution in [1.29, 1.82) is 0 Å². The van der Waals surface area contributed by atoms with E-state index >= 15 is 0 Å². The first-order valence-electron chi connectivity index (χ1n) is 4.32. The topological polar surface area (TPSA) is 43.4 Å². The Hall–Kier alpha value is -0.680. The quantitative estimate of drug-likeness (QED) is 0.635. The second kappa shape index (κ2) is 4.45. The molecule has 1 rings (SSSR count). The Kier molecular flexibility index (Phi) is 3.67. The van der Waals surface area contributed by atoms with Crippen LogP contribution in [0.5, 0.6) is 0 Å². The predicted molar refractivity (Wildman–Crippen MR) is 62.2 cm³/mol. The number of Topliss-reactive ketones (excluding diaryl/α,β-unsaturated/α-hetero) is 1. The summed E-state index contributed by atoms with van der Waals surface area (Å²) in [4.78, 5) is 23.4. The largest absolute Gasteiger partial charge is 0.451 e. The number of ether oxygens (including phenoxy) is 1. The lowest BCUT2D eigenvalue weighted by molar-refractivity contribution is -0.149. The van der Waals surface area contributed by atoms with Gasteiger partial charge < -0.3 is 4.74 Å². The van der Waals surface area contributed by atoms with Crippen LogP contribution in [0.2, 0.25) is 0 Å². The fourth-order valence-electron chi connectivity index (χ4n) is 1.13. The number of ketones is 1. The number of carbonyl (C=O) groups is 2. The molecule has 0 spiro atoms. The van der Waals surface area contributed by atoms with Crippen LogP contribution in [0.1, 0.15) is 30.4 Å². The standard InChI is InChI=1S/C10H11BrO3S/c1-6(12)14-10(2,3)9(13)8-7(11)4-5-15-8/h4-5H,1-3H3. The molecule has 0 aliphatic carbocycles. The Balaban J connectivity index is 2.94. The maximum absolute atomic E-state index is 12.0. The van der Waals surface area contributed by atoms with E-state index in [1.54, 1.807) is 25.3 Å². The van der Waals surface area contributed by atoms with Crippen molar-refractivity contribution in [3.63, 3.8) is 0 Å². The number of carbonyl (C=O) groups excluding carboxylic acids is 2. The van der Waals surface area contributed by atoms with E-state index in [1.807, 2.05) is 0 Å². The van der Waals surface area contributed by atoms with Crippen molar-refractivity contribution in [2.24, 2.45) is 0 Å². The lowest BCUT2D eigenvalue weighted by Crippen LogP contribution is -2.36. The van der Waals surface area contributed by atoms with Crippen LogP contribution in [0.25, 0.3) is 0 Å². The third-order valence-corrected chi connectivity index (χ3v) is 3.61. The van der Waals surface area contributed by atoms with Crippen molar-refractivity contribution in [1.82, 2.24) is 0 Å². The smallest absolute Gasteiger partial charge is 0.303 e. The minimum Gasteiger partial charge on any atom is -0.451 e. The van der Waals surface area contributed by atoms with E-state index in [2.05, 4.69) is 15.9 Å². The first kappa shape index (κ1) is 12.4. The Bertz CT molecular complexity index is 395. The Labute approximate surface area is 101 Å². The normalized spacial score (nSPS) is 11.2. The molecule has 1 aromatic rings. The lowest BCUT2D eigenvalue weighted by Gasteiger charge is -2.22. The number of halogens is 1. The SMILES string of the molecule is CC(=O)OC(C)(C)C(=O)c1sccc1Br. The van der Waals surface area contributed by atoms with Gasteiger partial charge in [-0.25, -0.2) is 0 Å². The van der Waals surface area contributed by atoms with Gasteiger partial charge in [0.15, 0.2) is 5.60 Å². The van der Waals surface area contributed by atoms with Gasteiger partial charge in [-0.05, 0) is 41.2 Å². The van der Waals surface area contributed by atoms with Gasteiger partial charge in [0.1, 0.15) is 0 Å². The maximum Gasteiger partial charge on any atom is 0.303 e. The van der Waals surface area contributed by atoms with E-state index in [-0.39, 0.29) is 5.78 Å². The van der Waals surface area contributed by atoms with Gasteiger partial charge in [-0.1, -0.05) is 0 Å². The van der Waals surface area contributed by atoms with E-state index in [1.165, 1.54) is 18.3 Å². The molecule has 0 amide bonds. The zero-order valence-corrected chi connectivity index (χ0v) is 11.1. The molecule has 82 valence electrons. The third kappa shape index (κ3) is 2.89. The van der Waals surface area contributed by atoms with Crippen molar-refractivity contribution in [3.8, 4) is 0 Å². The van der Waals surface area contributed by atoms with Gasteiger partial charge in [-0.2, -0.15) is 0 Å². The molecule has 0 N–H and O–H groups in total. The minimum absolute atomic E-state index is 0.195. The Morgan fingerprint density at radius 1 is 1.47 bits per heavy atom. The molecule has 0 bridgehead atoms. The van der Waals surface area contributed by atoms with Gasteiger partial charge >= 0.3 is 5.97 Å². The molecule has 0 aliphatic rings. The molecule has 0 saturated heterocycles. The second-order valence-corrected chi connectivity index (χ2v) is 5.30. The van der Waals surface area contributed by atoms with Crippen molar-refractivity contribution in [2.45, 2.75) is 26.4 Å². The summed E-state index contributed by atoms with van der Waals surface area (Å²) in [7, 11) is 0. The summed E-state index contributed by atoms with van der Waals surface area (Å²) in [6, 6.07) is 1.79. The van der Waals surface area contributed by atoms with Crippen molar-refractivity contribution in [3.05, 3.63) is 20.8 Å². The highest BCUT2D eigenvalue weighted by atomic mass is 79.9. The van der Waals surface area contributed by atoms with Gasteiger partial charge in [0.25, 0.3) is 0 Å². The third-order valence-electron chi connectivity index (χ3n) is 1.77. The van der Waals surface area contributed by atoms with Gasteiger partial charge in [0.2, 0.25) is 5.78 Å². The molecule has 5 heteroatoms. The summed E-state index contributed by atoms with van der Waals surface area (Å²) >= 11 is 4.60. The monoisotopic (exact) mass is 290 g/mol. The van der Waals surface area contributed by atoms with E-state index in [0.29, 0.717) is 4.88 Å². The summed E-state index contributed by atoms with van der Waals surface area (Å²) < 4.78 is 5.71. The average Bonchev–Trinajstić information content (AvgIpc) is 2.47. The van der Waals surface area contributed by atoms with Gasteiger partial charge in [0.05, 0.1) is 4.88 Å². The van der Waals surface area contributed by atoms with Crippen molar-refractivity contribution in [2.75, 3.05) is 0 Å². The molecule has 1 heterocycles. The van der Waals surface area contributed by atoms with Crippen LogP contribution >= 0.6 is 27.3 Å². The lowest BCUT2D eigenvalue weighted by atomic mass is 10.0. The van der Waals surface area contributed by atoms with E-state index < -0.39 is 11.6 Å². The van der Waals surface area contributed by atoms with Gasteiger partial charge in [-0.15, -0.1) is 11.3 Å². The van der Waals surface area contributed by atoms with E-state index in [4.69, 9.17) is 4.74 Å². The number of thiophene rings is 1. The first-order chi connectivity index (χ1) is 6.84. The zero-order chi connectivity index (χ0) is 11.6. The summed E-state index contributed by atoms with van der Waals surface area (Å²) in [6.07, 6.45) is 0. The van der Waals surface area contributed by atoms with Crippen LogP contribution in [-0.4, -0.2) is 17.4 Å². The number of rotatable bonds is 3. The highest BCUT2D eigenvalue weighted by Crippen LogP contribution is 2.28. The average molecular weight is 291 g/mol. The first-order valence-corrected chi connectivity index (χ1v) is 5.99. The summed E-state index contributed by atoms with van der Waals surface area (Å²) in [6.45, 7) is 4.46. The molecule has 0 atom stereocenters. The molecule has 0 unspecified atom stereocenters. The van der Waals surface area contributed by atoms with Crippen LogP contribution in [0.3, 0.4) is 0 Å². The molecule has 15 heavy (non-hydrogen) atoms. The van der Waals surface area contributed by atoms with E-state index in [9.17, 15) is 9.59 Å². The summed E-state index contributed by atoms with van der Waals surface area (Å²) in [5, 5.41) is 1.81. The van der Waals surface area contributed by atoms with E-state index in [0.717, 1.165) is 4.47 Å². The number of hydrogen-bond acceptors (Lipinski definition) is 4. The molecular weight excluding hydrogens is 280 g/mol. The predicted octanol–water partition coefficient (Wildman–Crippen LogP) is 3.04. The molecule has 0 saturated carbocycles. The Morgan fingerprint density at radius 3 is 2.47 bits per heavy atom. The van der Waals surface area contributed by atoms with Gasteiger partial charge in [0, 0.05) is 11.4 Å². The highest BCUT2D eigenvalue weighted by molar-refractivity contribution is 9.10. The summed E-state index contributed by atoms with van der Waals surface area (Å²) in [5.41, 5.74) is -1.11. The molecule has 0 radical (unpaired) electrons. The highest BCUT2D eigenvalue weighted by Gasteiger charge is 2.33. The molecule has 0 aromatic carbocycles. The molecule has 3 nitrogen and oxygen atoms in total. The van der Waals surface area contributed by atoms with Gasteiger partial charge in [-0.3, -0.25) is 9.59 Å². The Morgan fingerprint density at radius 2 is 2.07 bits per heavy atom. The van der Waals surface area contributed by atoms with Crippen LogP contribution in [0.4, 0.5) is 0 Å². The number of esters is 1. The van der Waals surface area contributed by atoms with Crippen LogP contribution in [0, 0.1) is 0 Å². The molecular formula is C10H11BrO3S. The fourth-order valence-corrected chi connectivity index (χ4v) is 2.78.